The molecule has 0 fully saturated rings. The maximum atomic E-state index is 12.3. The average molecular weight is 285 g/mol. The largest absolute Gasteiger partial charge is 0.496 e. The molecular formula is C16H19N3O2. The van der Waals surface area contributed by atoms with E-state index in [0.29, 0.717) is 13.0 Å². The van der Waals surface area contributed by atoms with Crippen LogP contribution in [0.3, 0.4) is 0 Å². The average Bonchev–Trinajstić information content (AvgIpc) is 3.00. The Kier molecular flexibility index (Phi) is 3.90. The third kappa shape index (κ3) is 2.91. The molecule has 0 aliphatic carbocycles. The first-order valence-electron chi connectivity index (χ1n) is 7.17. The van der Waals surface area contributed by atoms with Gasteiger partial charge in [-0.1, -0.05) is 18.2 Å². The summed E-state index contributed by atoms with van der Waals surface area (Å²) in [4.78, 5) is 16.6. The lowest BCUT2D eigenvalue weighted by Gasteiger charge is -2.22. The van der Waals surface area contributed by atoms with Crippen molar-refractivity contribution in [2.24, 2.45) is 5.92 Å². The number of nitrogens with zero attached hydrogens (tertiary/aromatic N) is 2. The maximum Gasteiger partial charge on any atom is 0.223 e. The standard InChI is InChI=1S/C16H19N3O2/c1-21-14-5-3-2-4-13(14)11-18-16(20)12-6-8-19-9-7-17-15(19)10-12/h2-5,7,9,12H,6,8,10-11H2,1H3,(H,18,20). The SMILES string of the molecule is COc1ccccc1CNC(=O)C1CCn2ccnc2C1. The van der Waals surface area contributed by atoms with Crippen LogP contribution >= 0.6 is 0 Å². The first kappa shape index (κ1) is 13.7. The monoisotopic (exact) mass is 285 g/mol. The highest BCUT2D eigenvalue weighted by Gasteiger charge is 2.25. The van der Waals surface area contributed by atoms with Crippen molar-refractivity contribution < 1.29 is 9.53 Å². The van der Waals surface area contributed by atoms with Gasteiger partial charge in [-0.3, -0.25) is 4.79 Å². The fourth-order valence-corrected chi connectivity index (χ4v) is 2.75. The molecule has 21 heavy (non-hydrogen) atoms. The van der Waals surface area contributed by atoms with Crippen molar-refractivity contribution in [3.05, 3.63) is 48.0 Å². The molecule has 2 heterocycles. The Balaban J connectivity index is 1.60. The predicted molar refractivity (Wildman–Crippen MR) is 78.9 cm³/mol. The molecule has 1 unspecified atom stereocenters. The van der Waals surface area contributed by atoms with E-state index in [1.807, 2.05) is 30.5 Å². The summed E-state index contributed by atoms with van der Waals surface area (Å²) in [5.74, 6) is 1.90. The van der Waals surface area contributed by atoms with Crippen LogP contribution in [0.4, 0.5) is 0 Å². The number of carbonyl (C=O) groups is 1. The molecule has 0 saturated heterocycles. The molecule has 1 amide bonds. The van der Waals surface area contributed by atoms with Crippen LogP contribution in [0.1, 0.15) is 17.8 Å². The van der Waals surface area contributed by atoms with Gasteiger partial charge in [-0.2, -0.15) is 0 Å². The molecular weight excluding hydrogens is 266 g/mol. The van der Waals surface area contributed by atoms with Gasteiger partial charge in [0.05, 0.1) is 7.11 Å². The molecule has 1 aliphatic rings. The van der Waals surface area contributed by atoms with E-state index in [1.54, 1.807) is 13.3 Å². The highest BCUT2D eigenvalue weighted by molar-refractivity contribution is 5.79. The number of methoxy groups -OCH3 is 1. The molecule has 1 aliphatic heterocycles. The molecule has 1 N–H and O–H groups in total. The van der Waals surface area contributed by atoms with Crippen molar-refractivity contribution in [2.45, 2.75) is 25.9 Å². The number of ether oxygens (including phenoxy) is 1. The summed E-state index contributed by atoms with van der Waals surface area (Å²) >= 11 is 0. The third-order valence-electron chi connectivity index (χ3n) is 3.97. The van der Waals surface area contributed by atoms with Crippen LogP contribution in [0.15, 0.2) is 36.7 Å². The third-order valence-corrected chi connectivity index (χ3v) is 3.97. The van der Waals surface area contributed by atoms with E-state index in [4.69, 9.17) is 4.74 Å². The summed E-state index contributed by atoms with van der Waals surface area (Å²) in [5, 5.41) is 3.01. The van der Waals surface area contributed by atoms with E-state index in [9.17, 15) is 4.79 Å². The Labute approximate surface area is 124 Å². The van der Waals surface area contributed by atoms with Crippen molar-refractivity contribution in [1.29, 1.82) is 0 Å². The smallest absolute Gasteiger partial charge is 0.223 e. The summed E-state index contributed by atoms with van der Waals surface area (Å²) in [7, 11) is 1.64. The van der Waals surface area contributed by atoms with Gasteiger partial charge in [0.15, 0.2) is 0 Å². The number of aryl methyl sites for hydroxylation is 1. The number of hydrogen-bond donors (Lipinski definition) is 1. The number of nitrogens with one attached hydrogen (secondary N) is 1. The Morgan fingerprint density at radius 1 is 1.48 bits per heavy atom. The summed E-state index contributed by atoms with van der Waals surface area (Å²) < 4.78 is 7.41. The second-order valence-corrected chi connectivity index (χ2v) is 5.26. The van der Waals surface area contributed by atoms with Gasteiger partial charge in [0.25, 0.3) is 0 Å². The van der Waals surface area contributed by atoms with Crippen LogP contribution in [0.25, 0.3) is 0 Å². The number of benzene rings is 1. The number of amides is 1. The second-order valence-electron chi connectivity index (χ2n) is 5.26. The first-order chi connectivity index (χ1) is 10.3. The lowest BCUT2D eigenvalue weighted by molar-refractivity contribution is -0.125. The number of fused-ring (bicyclic) bond motifs is 1. The Hall–Kier alpha value is -2.30. The minimum atomic E-state index is 0.00890. The van der Waals surface area contributed by atoms with Gasteiger partial charge in [-0.15, -0.1) is 0 Å². The molecule has 0 saturated carbocycles. The maximum absolute atomic E-state index is 12.3. The van der Waals surface area contributed by atoms with E-state index in [0.717, 1.165) is 30.1 Å². The van der Waals surface area contributed by atoms with Crippen LogP contribution in [0.2, 0.25) is 0 Å². The highest BCUT2D eigenvalue weighted by atomic mass is 16.5. The quantitative estimate of drug-likeness (QED) is 0.931. The lowest BCUT2D eigenvalue weighted by atomic mass is 9.97. The molecule has 1 aromatic carbocycles. The zero-order valence-electron chi connectivity index (χ0n) is 12.1. The van der Waals surface area contributed by atoms with E-state index < -0.39 is 0 Å². The van der Waals surface area contributed by atoms with Gasteiger partial charge < -0.3 is 14.6 Å². The fourth-order valence-electron chi connectivity index (χ4n) is 2.75. The molecule has 110 valence electrons. The van der Waals surface area contributed by atoms with Crippen LogP contribution < -0.4 is 10.1 Å². The van der Waals surface area contributed by atoms with Gasteiger partial charge >= 0.3 is 0 Å². The molecule has 5 nitrogen and oxygen atoms in total. The number of carbonyl (C=O) groups excluding carboxylic acids is 1. The summed E-state index contributed by atoms with van der Waals surface area (Å²) in [6.07, 6.45) is 5.34. The lowest BCUT2D eigenvalue weighted by Crippen LogP contribution is -2.35. The van der Waals surface area contributed by atoms with Gasteiger partial charge in [-0.05, 0) is 12.5 Å². The molecule has 0 spiro atoms. The summed E-state index contributed by atoms with van der Waals surface area (Å²) in [5.41, 5.74) is 0.991. The van der Waals surface area contributed by atoms with Gasteiger partial charge in [-0.25, -0.2) is 4.98 Å². The van der Waals surface area contributed by atoms with Crippen LogP contribution in [-0.2, 0) is 24.3 Å². The number of rotatable bonds is 4. The van der Waals surface area contributed by atoms with Crippen molar-refractivity contribution in [3.63, 3.8) is 0 Å². The minimum Gasteiger partial charge on any atom is -0.496 e. The van der Waals surface area contributed by atoms with Gasteiger partial charge in [0.2, 0.25) is 5.91 Å². The fraction of sp³-hybridized carbons (Fsp3) is 0.375. The molecule has 3 rings (SSSR count). The van der Waals surface area contributed by atoms with Crippen LogP contribution in [0.5, 0.6) is 5.75 Å². The Morgan fingerprint density at radius 2 is 2.33 bits per heavy atom. The second kappa shape index (κ2) is 5.99. The molecule has 2 aromatic rings. The molecule has 1 aromatic heterocycles. The molecule has 0 radical (unpaired) electrons. The van der Waals surface area contributed by atoms with Crippen molar-refractivity contribution in [3.8, 4) is 5.75 Å². The van der Waals surface area contributed by atoms with Gasteiger partial charge in [0, 0.05) is 43.4 Å². The topological polar surface area (TPSA) is 56.1 Å². The van der Waals surface area contributed by atoms with Crippen LogP contribution in [-0.4, -0.2) is 22.6 Å². The van der Waals surface area contributed by atoms with E-state index in [2.05, 4.69) is 14.9 Å². The summed E-state index contributed by atoms with van der Waals surface area (Å²) in [6, 6.07) is 7.73. The molecule has 5 heteroatoms. The van der Waals surface area contributed by atoms with E-state index >= 15 is 0 Å². The predicted octanol–water partition coefficient (Wildman–Crippen LogP) is 1.77. The van der Waals surface area contributed by atoms with Crippen molar-refractivity contribution in [1.82, 2.24) is 14.9 Å². The van der Waals surface area contributed by atoms with Crippen molar-refractivity contribution in [2.75, 3.05) is 7.11 Å². The minimum absolute atomic E-state index is 0.00890. The molecule has 1 atom stereocenters. The van der Waals surface area contributed by atoms with Crippen LogP contribution in [0, 0.1) is 5.92 Å². The number of para-hydroxylation sites is 1. The number of aromatic nitrogens is 2. The zero-order valence-corrected chi connectivity index (χ0v) is 12.1. The Morgan fingerprint density at radius 3 is 3.19 bits per heavy atom. The first-order valence-corrected chi connectivity index (χ1v) is 7.17. The Bertz CT molecular complexity index is 636. The zero-order chi connectivity index (χ0) is 14.7. The van der Waals surface area contributed by atoms with Crippen molar-refractivity contribution >= 4 is 5.91 Å². The van der Waals surface area contributed by atoms with E-state index in [-0.39, 0.29) is 11.8 Å². The normalized spacial score (nSPS) is 17.1. The number of imidazole rings is 1. The van der Waals surface area contributed by atoms with Gasteiger partial charge in [0.1, 0.15) is 11.6 Å². The summed E-state index contributed by atoms with van der Waals surface area (Å²) in [6.45, 7) is 1.36. The molecule has 0 bridgehead atoms. The number of hydrogen-bond acceptors (Lipinski definition) is 3. The highest BCUT2D eigenvalue weighted by Crippen LogP contribution is 2.20. The van der Waals surface area contributed by atoms with E-state index in [1.165, 1.54) is 0 Å².